The number of amidine groups is 1. The molecule has 0 radical (unpaired) electrons. The van der Waals surface area contributed by atoms with Gasteiger partial charge in [-0.05, 0) is 30.7 Å². The highest BCUT2D eigenvalue weighted by Gasteiger charge is 2.21. The first-order chi connectivity index (χ1) is 12.5. The van der Waals surface area contributed by atoms with E-state index in [1.54, 1.807) is 7.11 Å². The molecule has 3 rings (SSSR count). The van der Waals surface area contributed by atoms with Gasteiger partial charge < -0.3 is 15.0 Å². The molecule has 0 aliphatic carbocycles. The Hall–Kier alpha value is -2.73. The minimum absolute atomic E-state index is 0.112. The molecule has 0 saturated carbocycles. The van der Waals surface area contributed by atoms with Crippen LogP contribution in [0.25, 0.3) is 5.70 Å². The average Bonchev–Trinajstić information content (AvgIpc) is 2.64. The van der Waals surface area contributed by atoms with Gasteiger partial charge in [0.15, 0.2) is 5.17 Å². The second kappa shape index (κ2) is 7.66. The van der Waals surface area contributed by atoms with Crippen LogP contribution in [0.4, 0.5) is 11.4 Å². The van der Waals surface area contributed by atoms with Crippen LogP contribution >= 0.6 is 11.8 Å². The summed E-state index contributed by atoms with van der Waals surface area (Å²) in [6.45, 7) is 6.10. The van der Waals surface area contributed by atoms with Gasteiger partial charge in [0.2, 0.25) is 5.91 Å². The maximum Gasteiger partial charge on any atom is 0.234 e. The van der Waals surface area contributed by atoms with E-state index >= 15 is 0 Å². The van der Waals surface area contributed by atoms with Crippen molar-refractivity contribution >= 4 is 39.9 Å². The molecule has 0 atom stereocenters. The van der Waals surface area contributed by atoms with E-state index < -0.39 is 0 Å². The molecule has 2 aromatic carbocycles. The molecule has 1 aliphatic heterocycles. The highest BCUT2D eigenvalue weighted by molar-refractivity contribution is 8.14. The Morgan fingerprint density at radius 1 is 1.31 bits per heavy atom. The number of aliphatic imine (C=N–C) groups is 1. The summed E-state index contributed by atoms with van der Waals surface area (Å²) in [5.74, 6) is 0.776. The van der Waals surface area contributed by atoms with Crippen LogP contribution in [0.1, 0.15) is 11.1 Å². The molecular weight excluding hydrogens is 346 g/mol. The molecule has 1 amide bonds. The molecule has 1 heterocycles. The summed E-state index contributed by atoms with van der Waals surface area (Å²) in [6.07, 6.45) is 0. The van der Waals surface area contributed by atoms with Gasteiger partial charge in [0.1, 0.15) is 5.75 Å². The number of nitrogens with one attached hydrogen (secondary N) is 1. The fraction of sp³-hybridized carbons (Fsp3) is 0.200. The molecule has 1 aliphatic rings. The molecule has 2 aromatic rings. The normalized spacial score (nSPS) is 13.1. The minimum Gasteiger partial charge on any atom is -0.495 e. The SMILES string of the molecule is C=C1c2ccccc2N=C(SCC(=O)Nc2cc(C)ccc2OC)N1C. The smallest absolute Gasteiger partial charge is 0.234 e. The summed E-state index contributed by atoms with van der Waals surface area (Å²) in [5.41, 5.74) is 4.48. The maximum absolute atomic E-state index is 12.4. The van der Waals surface area contributed by atoms with Crippen molar-refractivity contribution in [3.05, 3.63) is 60.2 Å². The Morgan fingerprint density at radius 2 is 2.08 bits per heavy atom. The van der Waals surface area contributed by atoms with Crippen LogP contribution in [-0.4, -0.2) is 35.9 Å². The summed E-state index contributed by atoms with van der Waals surface area (Å²) in [7, 11) is 3.50. The molecule has 0 bridgehead atoms. The Bertz CT molecular complexity index is 892. The van der Waals surface area contributed by atoms with Crippen molar-refractivity contribution < 1.29 is 9.53 Å². The van der Waals surface area contributed by atoms with Gasteiger partial charge in [0.25, 0.3) is 0 Å². The van der Waals surface area contributed by atoms with E-state index in [0.717, 1.165) is 27.7 Å². The van der Waals surface area contributed by atoms with E-state index in [0.29, 0.717) is 11.4 Å². The van der Waals surface area contributed by atoms with Crippen LogP contribution < -0.4 is 10.1 Å². The lowest BCUT2D eigenvalue weighted by atomic mass is 10.1. The van der Waals surface area contributed by atoms with Gasteiger partial charge in [-0.1, -0.05) is 42.6 Å². The number of fused-ring (bicyclic) bond motifs is 1. The van der Waals surface area contributed by atoms with E-state index in [1.165, 1.54) is 11.8 Å². The first-order valence-electron chi connectivity index (χ1n) is 8.17. The van der Waals surface area contributed by atoms with E-state index in [1.807, 2.05) is 61.3 Å². The molecule has 0 aromatic heterocycles. The van der Waals surface area contributed by atoms with Crippen molar-refractivity contribution in [1.29, 1.82) is 0 Å². The topological polar surface area (TPSA) is 53.9 Å². The highest BCUT2D eigenvalue weighted by Crippen LogP contribution is 2.34. The monoisotopic (exact) mass is 367 g/mol. The highest BCUT2D eigenvalue weighted by atomic mass is 32.2. The molecule has 0 saturated heterocycles. The number of para-hydroxylation sites is 1. The Balaban J connectivity index is 1.69. The third-order valence-electron chi connectivity index (χ3n) is 4.08. The van der Waals surface area contributed by atoms with E-state index in [4.69, 9.17) is 4.74 Å². The summed E-state index contributed by atoms with van der Waals surface area (Å²) in [4.78, 5) is 18.9. The van der Waals surface area contributed by atoms with E-state index in [9.17, 15) is 4.79 Å². The molecule has 0 fully saturated rings. The molecule has 0 spiro atoms. The maximum atomic E-state index is 12.4. The van der Waals surface area contributed by atoms with Crippen molar-refractivity contribution in [2.45, 2.75) is 6.92 Å². The van der Waals surface area contributed by atoms with Gasteiger partial charge in [0, 0.05) is 18.3 Å². The molecule has 5 nitrogen and oxygen atoms in total. The lowest BCUT2D eigenvalue weighted by molar-refractivity contribution is -0.113. The van der Waals surface area contributed by atoms with Crippen molar-refractivity contribution in [2.24, 2.45) is 4.99 Å². The number of benzene rings is 2. The standard InChI is InChI=1S/C20H21N3O2S/c1-13-9-10-18(25-4)17(11-13)21-19(24)12-26-20-22-16-8-6-5-7-15(16)14(2)23(20)3/h5-11H,2,12H2,1,3-4H3,(H,21,24). The van der Waals surface area contributed by atoms with Crippen LogP contribution in [0.2, 0.25) is 0 Å². The number of amides is 1. The third-order valence-corrected chi connectivity index (χ3v) is 5.11. The number of thioether (sulfide) groups is 1. The molecular formula is C20H21N3O2S. The first kappa shape index (κ1) is 18.1. The quantitative estimate of drug-likeness (QED) is 0.876. The molecule has 26 heavy (non-hydrogen) atoms. The number of ether oxygens (including phenoxy) is 1. The van der Waals surface area contributed by atoms with Gasteiger partial charge >= 0.3 is 0 Å². The number of hydrogen-bond donors (Lipinski definition) is 1. The van der Waals surface area contributed by atoms with Gasteiger partial charge in [-0.3, -0.25) is 4.79 Å². The zero-order valence-electron chi connectivity index (χ0n) is 15.1. The number of nitrogens with zero attached hydrogens (tertiary/aromatic N) is 2. The number of rotatable bonds is 4. The van der Waals surface area contributed by atoms with Crippen LogP contribution in [-0.2, 0) is 4.79 Å². The van der Waals surface area contributed by atoms with Crippen LogP contribution in [0.5, 0.6) is 5.75 Å². The predicted octanol–water partition coefficient (Wildman–Crippen LogP) is 4.28. The number of carbonyl (C=O) groups excluding carboxylic acids is 1. The molecule has 134 valence electrons. The fourth-order valence-electron chi connectivity index (χ4n) is 2.65. The van der Waals surface area contributed by atoms with Gasteiger partial charge in [-0.25, -0.2) is 4.99 Å². The summed E-state index contributed by atoms with van der Waals surface area (Å²) in [5, 5.41) is 3.66. The summed E-state index contributed by atoms with van der Waals surface area (Å²) >= 11 is 1.38. The molecule has 1 N–H and O–H groups in total. The zero-order chi connectivity index (χ0) is 18.7. The average molecular weight is 367 g/mol. The number of methoxy groups -OCH3 is 1. The van der Waals surface area contributed by atoms with E-state index in [-0.39, 0.29) is 11.7 Å². The second-order valence-corrected chi connectivity index (χ2v) is 6.90. The third kappa shape index (κ3) is 3.75. The van der Waals surface area contributed by atoms with Crippen LogP contribution in [0.15, 0.2) is 54.0 Å². The number of carbonyl (C=O) groups is 1. The molecule has 6 heteroatoms. The largest absolute Gasteiger partial charge is 0.495 e. The minimum atomic E-state index is -0.112. The van der Waals surface area contributed by atoms with Gasteiger partial charge in [-0.15, -0.1) is 0 Å². The lowest BCUT2D eigenvalue weighted by Gasteiger charge is -2.28. The van der Waals surface area contributed by atoms with E-state index in [2.05, 4.69) is 16.9 Å². The van der Waals surface area contributed by atoms with Gasteiger partial charge in [0.05, 0.1) is 24.2 Å². The van der Waals surface area contributed by atoms with Crippen molar-refractivity contribution in [3.8, 4) is 5.75 Å². The zero-order valence-corrected chi connectivity index (χ0v) is 15.9. The van der Waals surface area contributed by atoms with Crippen LogP contribution in [0, 0.1) is 6.92 Å². The lowest BCUT2D eigenvalue weighted by Crippen LogP contribution is -2.27. The summed E-state index contributed by atoms with van der Waals surface area (Å²) in [6, 6.07) is 13.5. The number of anilines is 1. The number of aryl methyl sites for hydroxylation is 1. The van der Waals surface area contributed by atoms with Crippen molar-refractivity contribution in [1.82, 2.24) is 4.90 Å². The van der Waals surface area contributed by atoms with Crippen LogP contribution in [0.3, 0.4) is 0 Å². The fourth-order valence-corrected chi connectivity index (χ4v) is 3.45. The van der Waals surface area contributed by atoms with Gasteiger partial charge in [-0.2, -0.15) is 0 Å². The Labute approximate surface area is 157 Å². The van der Waals surface area contributed by atoms with Crippen molar-refractivity contribution in [3.63, 3.8) is 0 Å². The molecule has 0 unspecified atom stereocenters. The number of hydrogen-bond acceptors (Lipinski definition) is 5. The first-order valence-corrected chi connectivity index (χ1v) is 9.16. The Kier molecular flexibility index (Phi) is 5.32. The predicted molar refractivity (Wildman–Crippen MR) is 109 cm³/mol. The Morgan fingerprint density at radius 3 is 2.85 bits per heavy atom. The second-order valence-electron chi connectivity index (χ2n) is 5.96. The summed E-state index contributed by atoms with van der Waals surface area (Å²) < 4.78 is 5.30. The van der Waals surface area contributed by atoms with Crippen molar-refractivity contribution in [2.75, 3.05) is 25.2 Å².